The molecule has 0 saturated carbocycles. The second kappa shape index (κ2) is 11.1. The summed E-state index contributed by atoms with van der Waals surface area (Å²) in [5, 5.41) is 14.0. The maximum Gasteiger partial charge on any atom is 0.0639 e. The van der Waals surface area contributed by atoms with Crippen LogP contribution in [0.1, 0.15) is 22.3 Å². The van der Waals surface area contributed by atoms with E-state index in [0.717, 1.165) is 48.9 Å². The molecule has 2 aromatic carbocycles. The van der Waals surface area contributed by atoms with Gasteiger partial charge in [0.1, 0.15) is 0 Å². The molecule has 1 heterocycles. The summed E-state index contributed by atoms with van der Waals surface area (Å²) in [4.78, 5) is 0. The average molecular weight is 413 g/mol. The van der Waals surface area contributed by atoms with E-state index < -0.39 is 0 Å². The van der Waals surface area contributed by atoms with Crippen LogP contribution in [0.25, 0.3) is 0 Å². The van der Waals surface area contributed by atoms with Crippen molar-refractivity contribution in [1.29, 1.82) is 0 Å². The third-order valence-corrected chi connectivity index (χ3v) is 5.52. The highest BCUT2D eigenvalue weighted by Crippen LogP contribution is 2.27. The molecule has 1 aliphatic rings. The zero-order valence-electron chi connectivity index (χ0n) is 18.8. The van der Waals surface area contributed by atoms with Gasteiger partial charge in [-0.2, -0.15) is 0 Å². The molecule has 1 aliphatic heterocycles. The maximum atomic E-state index is 5.83. The molecule has 0 atom stereocenters. The normalized spacial score (nSPS) is 16.4. The monoisotopic (exact) mass is 412 g/mol. The Balaban J connectivity index is 1.64. The molecule has 0 aromatic heterocycles. The predicted octanol–water partition coefficient (Wildman–Crippen LogP) is 4.31. The quantitative estimate of drug-likeness (QED) is 0.517. The molecule has 0 radical (unpaired) electrons. The summed E-state index contributed by atoms with van der Waals surface area (Å²) >= 11 is 0. The van der Waals surface area contributed by atoms with Crippen LogP contribution in [0.2, 0.25) is 0 Å². The minimum Gasteiger partial charge on any atom is -0.381 e. The summed E-state index contributed by atoms with van der Waals surface area (Å²) in [6.45, 7) is 14.3. The Morgan fingerprint density at radius 3 is 0.933 bits per heavy atom. The molecule has 6 nitrogen and oxygen atoms in total. The smallest absolute Gasteiger partial charge is 0.0639 e. The third kappa shape index (κ3) is 6.28. The minimum atomic E-state index is 0.662. The molecule has 164 valence electrons. The van der Waals surface area contributed by atoms with E-state index in [2.05, 4.69) is 73.2 Å². The number of aryl methyl sites for hydroxylation is 4. The average Bonchev–Trinajstić information content (AvgIpc) is 2.72. The lowest BCUT2D eigenvalue weighted by Gasteiger charge is -2.18. The third-order valence-electron chi connectivity index (χ3n) is 5.52. The van der Waals surface area contributed by atoms with Crippen molar-refractivity contribution in [3.63, 3.8) is 0 Å². The van der Waals surface area contributed by atoms with Gasteiger partial charge in [-0.15, -0.1) is 0 Å². The summed E-state index contributed by atoms with van der Waals surface area (Å²) in [6.07, 6.45) is 0. The highest BCUT2D eigenvalue weighted by atomic mass is 16.5. The number of fused-ring (bicyclic) bond motifs is 2. The van der Waals surface area contributed by atoms with Crippen molar-refractivity contribution in [3.05, 3.63) is 46.5 Å². The van der Waals surface area contributed by atoms with Crippen molar-refractivity contribution in [2.75, 3.05) is 73.9 Å². The van der Waals surface area contributed by atoms with Gasteiger partial charge in [-0.25, -0.2) is 0 Å². The Morgan fingerprint density at radius 2 is 0.700 bits per heavy atom. The number of rotatable bonds is 0. The van der Waals surface area contributed by atoms with Crippen molar-refractivity contribution in [2.45, 2.75) is 27.7 Å². The lowest BCUT2D eigenvalue weighted by atomic mass is 10.1. The molecule has 0 unspecified atom stereocenters. The van der Waals surface area contributed by atoms with Crippen LogP contribution in [-0.4, -0.2) is 52.6 Å². The highest BCUT2D eigenvalue weighted by Gasteiger charge is 2.07. The molecular weight excluding hydrogens is 376 g/mol. The van der Waals surface area contributed by atoms with E-state index in [0.29, 0.717) is 26.4 Å². The van der Waals surface area contributed by atoms with Crippen molar-refractivity contribution in [3.8, 4) is 0 Å². The summed E-state index contributed by atoms with van der Waals surface area (Å²) < 4.78 is 11.7. The van der Waals surface area contributed by atoms with Gasteiger partial charge < -0.3 is 30.7 Å². The summed E-state index contributed by atoms with van der Waals surface area (Å²) in [5.74, 6) is 0. The largest absolute Gasteiger partial charge is 0.381 e. The van der Waals surface area contributed by atoms with E-state index in [4.69, 9.17) is 9.47 Å². The van der Waals surface area contributed by atoms with Crippen molar-refractivity contribution in [2.24, 2.45) is 0 Å². The van der Waals surface area contributed by atoms with Crippen LogP contribution in [0.3, 0.4) is 0 Å². The van der Waals surface area contributed by atoms with Crippen molar-refractivity contribution in [1.82, 2.24) is 0 Å². The first-order valence-electron chi connectivity index (χ1n) is 10.9. The second-order valence-electron chi connectivity index (χ2n) is 7.90. The van der Waals surface area contributed by atoms with Crippen LogP contribution >= 0.6 is 0 Å². The Bertz CT molecular complexity index is 703. The summed E-state index contributed by atoms with van der Waals surface area (Å²) in [7, 11) is 0. The van der Waals surface area contributed by atoms with Crippen LogP contribution in [0, 0.1) is 27.7 Å². The molecule has 0 spiro atoms. The van der Waals surface area contributed by atoms with Gasteiger partial charge in [0, 0.05) is 26.2 Å². The number of anilines is 4. The van der Waals surface area contributed by atoms with Gasteiger partial charge in [0.2, 0.25) is 0 Å². The number of hydrogen-bond donors (Lipinski definition) is 4. The topological polar surface area (TPSA) is 66.6 Å². The fraction of sp³-hybridized carbons (Fsp3) is 0.500. The number of nitrogens with one attached hydrogen (secondary N) is 4. The van der Waals surface area contributed by atoms with Crippen LogP contribution in [-0.2, 0) is 9.47 Å². The van der Waals surface area contributed by atoms with Crippen LogP contribution in [0.4, 0.5) is 22.7 Å². The Morgan fingerprint density at radius 1 is 0.467 bits per heavy atom. The maximum absolute atomic E-state index is 5.83. The van der Waals surface area contributed by atoms with Gasteiger partial charge in [0.15, 0.2) is 0 Å². The fourth-order valence-corrected chi connectivity index (χ4v) is 3.45. The molecule has 30 heavy (non-hydrogen) atoms. The van der Waals surface area contributed by atoms with Crippen LogP contribution in [0.5, 0.6) is 0 Å². The first-order valence-corrected chi connectivity index (χ1v) is 10.9. The molecule has 4 N–H and O–H groups in total. The number of benzene rings is 2. The standard InChI is InChI=1S/C24H36N4O2/c1-17-13-21-22(14-18(17)2)26-6-10-30-12-8-28-24-16-20(4)19(3)15-23(24)27-7-11-29-9-5-25-21/h13-16,25-28H,5-12H2,1-4H3. The highest BCUT2D eigenvalue weighted by molar-refractivity contribution is 5.72. The van der Waals surface area contributed by atoms with Gasteiger partial charge in [-0.05, 0) is 74.2 Å². The molecule has 2 aromatic rings. The zero-order valence-corrected chi connectivity index (χ0v) is 18.8. The van der Waals surface area contributed by atoms with E-state index in [-0.39, 0.29) is 0 Å². The Labute approximate surface area is 180 Å². The SMILES string of the molecule is Cc1cc2c(cc1C)NCCOCCNc1cc(C)c(C)cc1NCCOCCN2. The fourth-order valence-electron chi connectivity index (χ4n) is 3.45. The van der Waals surface area contributed by atoms with Gasteiger partial charge in [-0.1, -0.05) is 0 Å². The zero-order chi connectivity index (χ0) is 21.3. The molecular formula is C24H36N4O2. The molecule has 3 rings (SSSR count). The van der Waals surface area contributed by atoms with Gasteiger partial charge in [0.05, 0.1) is 49.2 Å². The molecule has 0 fully saturated rings. The van der Waals surface area contributed by atoms with Gasteiger partial charge in [0.25, 0.3) is 0 Å². The van der Waals surface area contributed by atoms with Crippen molar-refractivity contribution >= 4 is 22.7 Å². The van der Waals surface area contributed by atoms with E-state index in [1.807, 2.05) is 0 Å². The second-order valence-corrected chi connectivity index (χ2v) is 7.90. The minimum absolute atomic E-state index is 0.662. The van der Waals surface area contributed by atoms with E-state index in [1.54, 1.807) is 0 Å². The lowest BCUT2D eigenvalue weighted by Crippen LogP contribution is -2.19. The van der Waals surface area contributed by atoms with E-state index in [1.165, 1.54) is 22.3 Å². The lowest BCUT2D eigenvalue weighted by molar-refractivity contribution is 0.153. The van der Waals surface area contributed by atoms with E-state index in [9.17, 15) is 0 Å². The number of hydrogen-bond acceptors (Lipinski definition) is 6. The van der Waals surface area contributed by atoms with Crippen LogP contribution in [0.15, 0.2) is 24.3 Å². The van der Waals surface area contributed by atoms with Crippen LogP contribution < -0.4 is 21.3 Å². The van der Waals surface area contributed by atoms with E-state index >= 15 is 0 Å². The Kier molecular flexibility index (Phi) is 8.22. The first-order chi connectivity index (χ1) is 14.5. The summed E-state index contributed by atoms with van der Waals surface area (Å²) in [6, 6.07) is 8.79. The predicted molar refractivity (Wildman–Crippen MR) is 127 cm³/mol. The molecule has 0 amide bonds. The Hall–Kier alpha value is -2.44. The first kappa shape index (κ1) is 22.2. The molecule has 0 aliphatic carbocycles. The summed E-state index contributed by atoms with van der Waals surface area (Å²) in [5.41, 5.74) is 9.57. The number of ether oxygens (including phenoxy) is 2. The van der Waals surface area contributed by atoms with Gasteiger partial charge in [-0.3, -0.25) is 0 Å². The molecule has 0 saturated heterocycles. The molecule has 6 heteroatoms. The molecule has 0 bridgehead atoms. The van der Waals surface area contributed by atoms with Crippen molar-refractivity contribution < 1.29 is 9.47 Å². The van der Waals surface area contributed by atoms with Gasteiger partial charge >= 0.3 is 0 Å².